The molecule has 0 radical (unpaired) electrons. The number of hydrogen-bond donors (Lipinski definition) is 1. The van der Waals surface area contributed by atoms with E-state index in [0.29, 0.717) is 6.61 Å². The Morgan fingerprint density at radius 1 is 1.23 bits per heavy atom. The summed E-state index contributed by atoms with van der Waals surface area (Å²) < 4.78 is 7.34. The van der Waals surface area contributed by atoms with Gasteiger partial charge in [0, 0.05) is 25.8 Å². The predicted molar refractivity (Wildman–Crippen MR) is 85.6 cm³/mol. The van der Waals surface area contributed by atoms with Gasteiger partial charge in [-0.1, -0.05) is 0 Å². The number of aliphatic hydroxyl groups excluding tert-OH is 1. The standard InChI is InChI=1S/C16H18N4O2/c1-19-11-18-14-10-17-16(9-15(14)19)20(2)12-3-5-13(6-4-12)22-8-7-21/h3-6,9-11,21H,7-8H2,1-2H3. The number of imidazole rings is 1. The van der Waals surface area contributed by atoms with E-state index < -0.39 is 0 Å². The maximum absolute atomic E-state index is 8.76. The lowest BCUT2D eigenvalue weighted by atomic mass is 10.2. The lowest BCUT2D eigenvalue weighted by molar-refractivity contribution is 0.201. The molecule has 0 bridgehead atoms. The minimum Gasteiger partial charge on any atom is -0.491 e. The molecular weight excluding hydrogens is 280 g/mol. The molecule has 0 fully saturated rings. The predicted octanol–water partition coefficient (Wildman–Crippen LogP) is 2.11. The molecule has 0 atom stereocenters. The number of aromatic nitrogens is 3. The van der Waals surface area contributed by atoms with Crippen LogP contribution in [0.5, 0.6) is 5.75 Å². The number of anilines is 2. The number of aryl methyl sites for hydroxylation is 1. The Kier molecular flexibility index (Phi) is 3.93. The lowest BCUT2D eigenvalue weighted by Gasteiger charge is -2.18. The molecule has 0 saturated heterocycles. The third kappa shape index (κ3) is 2.73. The number of fused-ring (bicyclic) bond motifs is 1. The molecule has 3 aromatic rings. The lowest BCUT2D eigenvalue weighted by Crippen LogP contribution is -2.11. The van der Waals surface area contributed by atoms with E-state index in [1.807, 2.05) is 53.9 Å². The Hall–Kier alpha value is -2.60. The highest BCUT2D eigenvalue weighted by Gasteiger charge is 2.08. The first-order chi connectivity index (χ1) is 10.7. The van der Waals surface area contributed by atoms with Gasteiger partial charge < -0.3 is 19.3 Å². The van der Waals surface area contributed by atoms with E-state index in [2.05, 4.69) is 9.97 Å². The van der Waals surface area contributed by atoms with Gasteiger partial charge in [-0.25, -0.2) is 9.97 Å². The first-order valence-electron chi connectivity index (χ1n) is 7.03. The molecule has 1 aromatic carbocycles. The van der Waals surface area contributed by atoms with Gasteiger partial charge in [-0.2, -0.15) is 0 Å². The van der Waals surface area contributed by atoms with Crippen molar-refractivity contribution in [2.24, 2.45) is 7.05 Å². The average molecular weight is 298 g/mol. The van der Waals surface area contributed by atoms with Gasteiger partial charge in [-0.3, -0.25) is 0 Å². The van der Waals surface area contributed by atoms with Gasteiger partial charge in [0.25, 0.3) is 0 Å². The summed E-state index contributed by atoms with van der Waals surface area (Å²) in [5.74, 6) is 1.58. The molecule has 6 nitrogen and oxygen atoms in total. The summed E-state index contributed by atoms with van der Waals surface area (Å²) in [7, 11) is 3.93. The van der Waals surface area contributed by atoms with Crippen molar-refractivity contribution in [2.75, 3.05) is 25.2 Å². The van der Waals surface area contributed by atoms with Crippen LogP contribution in [0.3, 0.4) is 0 Å². The maximum Gasteiger partial charge on any atom is 0.134 e. The second-order valence-electron chi connectivity index (χ2n) is 5.01. The van der Waals surface area contributed by atoms with E-state index in [0.717, 1.165) is 28.3 Å². The number of benzene rings is 1. The number of aliphatic hydroxyl groups is 1. The Morgan fingerprint density at radius 3 is 2.73 bits per heavy atom. The van der Waals surface area contributed by atoms with E-state index in [1.165, 1.54) is 0 Å². The summed E-state index contributed by atoms with van der Waals surface area (Å²) in [6.07, 6.45) is 3.56. The minimum atomic E-state index is 0.0102. The summed E-state index contributed by atoms with van der Waals surface area (Å²) >= 11 is 0. The molecule has 0 amide bonds. The second kappa shape index (κ2) is 6.03. The highest BCUT2D eigenvalue weighted by Crippen LogP contribution is 2.26. The van der Waals surface area contributed by atoms with Crippen molar-refractivity contribution in [2.45, 2.75) is 0 Å². The summed E-state index contributed by atoms with van der Waals surface area (Å²) in [5.41, 5.74) is 2.93. The molecule has 22 heavy (non-hydrogen) atoms. The molecule has 2 aromatic heterocycles. The Bertz CT molecular complexity index is 767. The summed E-state index contributed by atoms with van der Waals surface area (Å²) in [6.45, 7) is 0.310. The normalized spacial score (nSPS) is 10.9. The topological polar surface area (TPSA) is 63.4 Å². The summed E-state index contributed by atoms with van der Waals surface area (Å²) in [4.78, 5) is 10.7. The zero-order valence-electron chi connectivity index (χ0n) is 12.6. The van der Waals surface area contributed by atoms with Gasteiger partial charge in [0.15, 0.2) is 0 Å². The van der Waals surface area contributed by atoms with E-state index in [4.69, 9.17) is 9.84 Å². The van der Waals surface area contributed by atoms with Gasteiger partial charge in [-0.05, 0) is 24.3 Å². The van der Waals surface area contributed by atoms with Gasteiger partial charge in [0.05, 0.1) is 24.6 Å². The Balaban J connectivity index is 1.84. The summed E-state index contributed by atoms with van der Waals surface area (Å²) in [5, 5.41) is 8.76. The van der Waals surface area contributed by atoms with Crippen LogP contribution in [0, 0.1) is 0 Å². The van der Waals surface area contributed by atoms with Crippen molar-refractivity contribution in [1.29, 1.82) is 0 Å². The SMILES string of the molecule is CN(c1ccc(OCCO)cc1)c1cc2c(cn1)ncn2C. The van der Waals surface area contributed by atoms with Crippen LogP contribution in [0.2, 0.25) is 0 Å². The van der Waals surface area contributed by atoms with E-state index in [1.54, 1.807) is 12.5 Å². The van der Waals surface area contributed by atoms with Gasteiger partial charge in [0.2, 0.25) is 0 Å². The average Bonchev–Trinajstić information content (AvgIpc) is 2.93. The fraction of sp³-hybridized carbons (Fsp3) is 0.250. The zero-order chi connectivity index (χ0) is 15.5. The van der Waals surface area contributed by atoms with Crippen molar-refractivity contribution in [3.8, 4) is 5.75 Å². The highest BCUT2D eigenvalue weighted by molar-refractivity contribution is 5.78. The molecule has 0 saturated carbocycles. The molecular formula is C16H18N4O2. The van der Waals surface area contributed by atoms with Crippen molar-refractivity contribution >= 4 is 22.5 Å². The first-order valence-corrected chi connectivity index (χ1v) is 7.03. The molecule has 1 N–H and O–H groups in total. The third-order valence-corrected chi connectivity index (χ3v) is 3.53. The van der Waals surface area contributed by atoms with Gasteiger partial charge in [0.1, 0.15) is 23.7 Å². The number of nitrogens with zero attached hydrogens (tertiary/aromatic N) is 4. The Labute approximate surface area is 128 Å². The largest absolute Gasteiger partial charge is 0.491 e. The van der Waals surface area contributed by atoms with Crippen molar-refractivity contribution in [3.63, 3.8) is 0 Å². The molecule has 2 heterocycles. The minimum absolute atomic E-state index is 0.0102. The van der Waals surface area contributed by atoms with Crippen molar-refractivity contribution in [1.82, 2.24) is 14.5 Å². The quantitative estimate of drug-likeness (QED) is 0.781. The number of pyridine rings is 1. The van der Waals surface area contributed by atoms with Crippen LogP contribution in [-0.4, -0.2) is 39.9 Å². The van der Waals surface area contributed by atoms with Crippen LogP contribution in [0.1, 0.15) is 0 Å². The van der Waals surface area contributed by atoms with Crippen LogP contribution < -0.4 is 9.64 Å². The molecule has 0 aliphatic carbocycles. The van der Waals surface area contributed by atoms with Gasteiger partial charge >= 0.3 is 0 Å². The van der Waals surface area contributed by atoms with Crippen LogP contribution in [0.25, 0.3) is 11.0 Å². The zero-order valence-corrected chi connectivity index (χ0v) is 12.6. The number of rotatable bonds is 5. The molecule has 3 rings (SSSR count). The van der Waals surface area contributed by atoms with Crippen LogP contribution in [0.15, 0.2) is 42.9 Å². The van der Waals surface area contributed by atoms with E-state index in [9.17, 15) is 0 Å². The van der Waals surface area contributed by atoms with Crippen molar-refractivity contribution in [3.05, 3.63) is 42.9 Å². The van der Waals surface area contributed by atoms with Crippen LogP contribution in [0.4, 0.5) is 11.5 Å². The number of hydrogen-bond acceptors (Lipinski definition) is 5. The molecule has 0 aliphatic heterocycles. The Morgan fingerprint density at radius 2 is 2.00 bits per heavy atom. The third-order valence-electron chi connectivity index (χ3n) is 3.53. The highest BCUT2D eigenvalue weighted by atomic mass is 16.5. The van der Waals surface area contributed by atoms with Crippen LogP contribution >= 0.6 is 0 Å². The van der Waals surface area contributed by atoms with Crippen LogP contribution in [-0.2, 0) is 7.05 Å². The molecule has 0 aliphatic rings. The second-order valence-corrected chi connectivity index (χ2v) is 5.01. The monoisotopic (exact) mass is 298 g/mol. The fourth-order valence-electron chi connectivity index (χ4n) is 2.27. The first kappa shape index (κ1) is 14.3. The van der Waals surface area contributed by atoms with Crippen molar-refractivity contribution < 1.29 is 9.84 Å². The fourth-order valence-corrected chi connectivity index (χ4v) is 2.27. The van der Waals surface area contributed by atoms with Gasteiger partial charge in [-0.15, -0.1) is 0 Å². The molecule has 0 unspecified atom stereocenters. The number of ether oxygens (including phenoxy) is 1. The molecule has 0 spiro atoms. The summed E-state index contributed by atoms with van der Waals surface area (Å²) in [6, 6.07) is 9.69. The molecule has 114 valence electrons. The van der Waals surface area contributed by atoms with E-state index >= 15 is 0 Å². The smallest absolute Gasteiger partial charge is 0.134 e. The molecule has 6 heteroatoms. The van der Waals surface area contributed by atoms with E-state index in [-0.39, 0.29) is 6.61 Å². The maximum atomic E-state index is 8.76.